The highest BCUT2D eigenvalue weighted by Gasteiger charge is 2.15. The third kappa shape index (κ3) is 2.61. The number of nitrogens with one attached hydrogen (secondary N) is 1. The van der Waals surface area contributed by atoms with Crippen LogP contribution in [0.15, 0.2) is 30.3 Å². The van der Waals surface area contributed by atoms with Gasteiger partial charge >= 0.3 is 0 Å². The minimum absolute atomic E-state index is 0.101. The van der Waals surface area contributed by atoms with Crippen molar-refractivity contribution in [2.45, 2.75) is 6.54 Å². The van der Waals surface area contributed by atoms with E-state index in [1.165, 1.54) is 18.2 Å². The van der Waals surface area contributed by atoms with E-state index in [0.29, 0.717) is 11.1 Å². The summed E-state index contributed by atoms with van der Waals surface area (Å²) in [7, 11) is 1.64. The lowest BCUT2D eigenvalue weighted by Crippen LogP contribution is -2.07. The predicted octanol–water partition coefficient (Wildman–Crippen LogP) is 3.63. The maximum Gasteiger partial charge on any atom is 0.195 e. The lowest BCUT2D eigenvalue weighted by atomic mass is 10.0. The average Bonchev–Trinajstić information content (AvgIpc) is 2.39. The highest BCUT2D eigenvalue weighted by molar-refractivity contribution is 5.65. The molecule has 0 spiro atoms. The minimum atomic E-state index is -1.53. The zero-order chi connectivity index (χ0) is 14.0. The summed E-state index contributed by atoms with van der Waals surface area (Å²) in [6.07, 6.45) is 0. The Morgan fingerprint density at radius 2 is 1.58 bits per heavy atom. The van der Waals surface area contributed by atoms with Gasteiger partial charge < -0.3 is 5.32 Å². The van der Waals surface area contributed by atoms with Crippen LogP contribution in [0.1, 0.15) is 5.56 Å². The molecule has 100 valence electrons. The first-order valence-corrected chi connectivity index (χ1v) is 5.61. The molecule has 0 atom stereocenters. The molecule has 0 heterocycles. The number of rotatable bonds is 3. The van der Waals surface area contributed by atoms with Gasteiger partial charge in [0.25, 0.3) is 0 Å². The van der Waals surface area contributed by atoms with Gasteiger partial charge in [-0.2, -0.15) is 0 Å². The molecule has 5 heteroatoms. The van der Waals surface area contributed by atoms with Crippen LogP contribution in [0.25, 0.3) is 11.1 Å². The molecule has 19 heavy (non-hydrogen) atoms. The molecule has 1 N–H and O–H groups in total. The maximum atomic E-state index is 13.6. The molecule has 0 aliphatic rings. The molecule has 0 aliphatic heterocycles. The van der Waals surface area contributed by atoms with Gasteiger partial charge in [0.2, 0.25) is 0 Å². The Balaban J connectivity index is 2.53. The van der Waals surface area contributed by atoms with Crippen LogP contribution < -0.4 is 5.32 Å². The van der Waals surface area contributed by atoms with Crippen molar-refractivity contribution in [3.05, 3.63) is 59.2 Å². The van der Waals surface area contributed by atoms with E-state index in [9.17, 15) is 17.6 Å². The number of benzene rings is 2. The molecule has 2 aromatic rings. The topological polar surface area (TPSA) is 12.0 Å². The van der Waals surface area contributed by atoms with E-state index in [-0.39, 0.29) is 12.1 Å². The lowest BCUT2D eigenvalue weighted by Gasteiger charge is -2.08. The second-order valence-corrected chi connectivity index (χ2v) is 4.06. The molecule has 0 saturated carbocycles. The highest BCUT2D eigenvalue weighted by Crippen LogP contribution is 2.27. The molecule has 1 nitrogen and oxygen atoms in total. The van der Waals surface area contributed by atoms with Crippen LogP contribution in [0, 0.1) is 23.3 Å². The largest absolute Gasteiger partial charge is 0.316 e. The van der Waals surface area contributed by atoms with Crippen molar-refractivity contribution in [2.75, 3.05) is 7.05 Å². The lowest BCUT2D eigenvalue weighted by molar-refractivity contribution is 0.449. The van der Waals surface area contributed by atoms with Crippen LogP contribution in [-0.2, 0) is 6.54 Å². The summed E-state index contributed by atoms with van der Waals surface area (Å²) in [5.74, 6) is -4.50. The van der Waals surface area contributed by atoms with Gasteiger partial charge in [-0.05, 0) is 36.9 Å². The second-order valence-electron chi connectivity index (χ2n) is 4.06. The van der Waals surface area contributed by atoms with Crippen molar-refractivity contribution < 1.29 is 17.6 Å². The van der Waals surface area contributed by atoms with Gasteiger partial charge in [0.15, 0.2) is 17.5 Å². The summed E-state index contributed by atoms with van der Waals surface area (Å²) in [5.41, 5.74) is 0.517. The molecule has 0 aliphatic carbocycles. The standard InChI is InChI=1S/C14H11F4N/c1-19-7-9-6-8(2-4-11(9)15)10-3-5-12(16)14(18)13(10)17/h2-6,19H,7H2,1H3. The first-order chi connectivity index (χ1) is 9.04. The van der Waals surface area contributed by atoms with Crippen LogP contribution in [-0.4, -0.2) is 7.05 Å². The fraction of sp³-hybridized carbons (Fsp3) is 0.143. The Hall–Kier alpha value is -1.88. The summed E-state index contributed by atoms with van der Waals surface area (Å²) in [6.45, 7) is 0.255. The maximum absolute atomic E-state index is 13.6. The van der Waals surface area contributed by atoms with Crippen LogP contribution in [0.5, 0.6) is 0 Å². The van der Waals surface area contributed by atoms with Crippen LogP contribution >= 0.6 is 0 Å². The molecule has 2 rings (SSSR count). The number of hydrogen-bond donors (Lipinski definition) is 1. The van der Waals surface area contributed by atoms with E-state index in [1.807, 2.05) is 0 Å². The molecular weight excluding hydrogens is 258 g/mol. The van der Waals surface area contributed by atoms with Gasteiger partial charge in [0, 0.05) is 17.7 Å². The van der Waals surface area contributed by atoms with Gasteiger partial charge in [-0.15, -0.1) is 0 Å². The summed E-state index contributed by atoms with van der Waals surface area (Å²) in [6, 6.07) is 5.87. The second kappa shape index (κ2) is 5.40. The first kappa shape index (κ1) is 13.5. The molecule has 0 saturated heterocycles. The van der Waals surface area contributed by atoms with Gasteiger partial charge in [0.1, 0.15) is 5.82 Å². The molecular formula is C14H11F4N. The molecule has 0 unspecified atom stereocenters. The Bertz CT molecular complexity index is 611. The SMILES string of the molecule is CNCc1cc(-c2ccc(F)c(F)c2F)ccc1F. The summed E-state index contributed by atoms with van der Waals surface area (Å²) in [5, 5.41) is 2.77. The Morgan fingerprint density at radius 3 is 2.26 bits per heavy atom. The summed E-state index contributed by atoms with van der Waals surface area (Å²) in [4.78, 5) is 0. The van der Waals surface area contributed by atoms with Crippen LogP contribution in [0.3, 0.4) is 0 Å². The quantitative estimate of drug-likeness (QED) is 0.662. The Labute approximate surface area is 107 Å². The Kier molecular flexibility index (Phi) is 3.85. The van der Waals surface area contributed by atoms with E-state index < -0.39 is 23.3 Å². The zero-order valence-electron chi connectivity index (χ0n) is 10.1. The van der Waals surface area contributed by atoms with Gasteiger partial charge in [0.05, 0.1) is 0 Å². The van der Waals surface area contributed by atoms with Crippen molar-refractivity contribution in [3.63, 3.8) is 0 Å². The van der Waals surface area contributed by atoms with Gasteiger partial charge in [-0.25, -0.2) is 17.6 Å². The molecule has 2 aromatic carbocycles. The fourth-order valence-corrected chi connectivity index (χ4v) is 1.82. The van der Waals surface area contributed by atoms with Gasteiger partial charge in [-0.3, -0.25) is 0 Å². The van der Waals surface area contributed by atoms with Crippen molar-refractivity contribution >= 4 is 0 Å². The molecule has 0 amide bonds. The van der Waals surface area contributed by atoms with E-state index in [4.69, 9.17) is 0 Å². The Morgan fingerprint density at radius 1 is 0.895 bits per heavy atom. The molecule has 0 radical (unpaired) electrons. The minimum Gasteiger partial charge on any atom is -0.316 e. The monoisotopic (exact) mass is 269 g/mol. The summed E-state index contributed by atoms with van der Waals surface area (Å²) >= 11 is 0. The smallest absolute Gasteiger partial charge is 0.195 e. The zero-order valence-corrected chi connectivity index (χ0v) is 10.1. The van der Waals surface area contributed by atoms with Crippen molar-refractivity contribution in [3.8, 4) is 11.1 Å². The van der Waals surface area contributed by atoms with Crippen molar-refractivity contribution in [2.24, 2.45) is 0 Å². The average molecular weight is 269 g/mol. The molecule has 0 fully saturated rings. The third-order valence-corrected chi connectivity index (χ3v) is 2.76. The number of halogens is 4. The highest BCUT2D eigenvalue weighted by atomic mass is 19.2. The normalized spacial score (nSPS) is 10.8. The third-order valence-electron chi connectivity index (χ3n) is 2.76. The van der Waals surface area contributed by atoms with Crippen molar-refractivity contribution in [1.82, 2.24) is 5.32 Å². The predicted molar refractivity (Wildman–Crippen MR) is 64.5 cm³/mol. The first-order valence-electron chi connectivity index (χ1n) is 5.61. The van der Waals surface area contributed by atoms with E-state index in [2.05, 4.69) is 5.32 Å². The summed E-state index contributed by atoms with van der Waals surface area (Å²) < 4.78 is 53.1. The van der Waals surface area contributed by atoms with Crippen molar-refractivity contribution in [1.29, 1.82) is 0 Å². The fourth-order valence-electron chi connectivity index (χ4n) is 1.82. The van der Waals surface area contributed by atoms with E-state index >= 15 is 0 Å². The molecule has 0 aromatic heterocycles. The number of hydrogen-bond acceptors (Lipinski definition) is 1. The van der Waals surface area contributed by atoms with Gasteiger partial charge in [-0.1, -0.05) is 6.07 Å². The van der Waals surface area contributed by atoms with E-state index in [1.54, 1.807) is 7.05 Å². The van der Waals surface area contributed by atoms with E-state index in [0.717, 1.165) is 12.1 Å². The van der Waals surface area contributed by atoms with Crippen LogP contribution in [0.2, 0.25) is 0 Å². The van der Waals surface area contributed by atoms with Crippen LogP contribution in [0.4, 0.5) is 17.6 Å². The molecule has 0 bridgehead atoms.